The van der Waals surface area contributed by atoms with Gasteiger partial charge in [-0.05, 0) is 6.42 Å². The molecule has 0 aromatic carbocycles. The van der Waals surface area contributed by atoms with Crippen molar-refractivity contribution < 1.29 is 4.79 Å². The number of carbonyl (C=O) groups excluding carboxylic acids is 1. The highest BCUT2D eigenvalue weighted by Gasteiger charge is 1.84. The highest BCUT2D eigenvalue weighted by atomic mass is 32.1. The third kappa shape index (κ3) is 10.7. The molecular weight excluding hydrogens is 110 g/mol. The number of hydrogen-bond donors (Lipinski definition) is 1. The summed E-state index contributed by atoms with van der Waals surface area (Å²) >= 11 is 0. The lowest BCUT2D eigenvalue weighted by Gasteiger charge is -1.81. The predicted octanol–water partition coefficient (Wildman–Crippen LogP) is 0.385. The van der Waals surface area contributed by atoms with E-state index in [9.17, 15) is 4.79 Å². The van der Waals surface area contributed by atoms with Crippen molar-refractivity contribution in [1.29, 1.82) is 0 Å². The molecule has 0 bridgehead atoms. The number of amides is 1. The molecule has 0 fully saturated rings. The van der Waals surface area contributed by atoms with Crippen LogP contribution in [0.15, 0.2) is 0 Å². The molecule has 1 amide bonds. The molecule has 0 heterocycles. The lowest BCUT2D eigenvalue weighted by Crippen LogP contribution is -2.08. The average molecular weight is 121 g/mol. The fraction of sp³-hybridized carbons (Fsp3) is 0.750. The van der Waals surface area contributed by atoms with Crippen LogP contribution in [0.3, 0.4) is 0 Å². The summed E-state index contributed by atoms with van der Waals surface area (Å²) in [4.78, 5) is 9.82. The van der Waals surface area contributed by atoms with Gasteiger partial charge < -0.3 is 5.73 Å². The minimum absolute atomic E-state index is 0. The van der Waals surface area contributed by atoms with Gasteiger partial charge in [0.25, 0.3) is 0 Å². The number of primary amides is 1. The zero-order chi connectivity index (χ0) is 4.99. The summed E-state index contributed by atoms with van der Waals surface area (Å²) in [6.07, 6.45) is 1.37. The first-order chi connectivity index (χ1) is 2.77. The van der Waals surface area contributed by atoms with Crippen molar-refractivity contribution in [2.75, 3.05) is 0 Å². The molecule has 0 aromatic heterocycles. The molecule has 0 spiro atoms. The molecule has 0 aliphatic heterocycles. The Bertz CT molecular complexity index is 55.7. The average Bonchev–Trinajstić information content (AvgIpc) is 1.35. The SMILES string of the molecule is CCCC(N)=O.S. The van der Waals surface area contributed by atoms with E-state index in [-0.39, 0.29) is 19.4 Å². The van der Waals surface area contributed by atoms with Gasteiger partial charge in [0.15, 0.2) is 0 Å². The van der Waals surface area contributed by atoms with Crippen LogP contribution in [0.4, 0.5) is 0 Å². The van der Waals surface area contributed by atoms with Gasteiger partial charge in [0.2, 0.25) is 5.91 Å². The largest absolute Gasteiger partial charge is 0.370 e. The van der Waals surface area contributed by atoms with E-state index in [1.54, 1.807) is 0 Å². The van der Waals surface area contributed by atoms with Crippen LogP contribution in [0.2, 0.25) is 0 Å². The van der Waals surface area contributed by atoms with Crippen molar-refractivity contribution in [2.24, 2.45) is 5.73 Å². The first-order valence-corrected chi connectivity index (χ1v) is 2.05. The van der Waals surface area contributed by atoms with Gasteiger partial charge in [-0.2, -0.15) is 13.5 Å². The standard InChI is InChI=1S/C4H9NO.H2S/c1-2-3-4(5)6;/h2-3H2,1H3,(H2,5,6);1H2. The smallest absolute Gasteiger partial charge is 0.217 e. The minimum Gasteiger partial charge on any atom is -0.370 e. The summed E-state index contributed by atoms with van der Waals surface area (Å²) in [5, 5.41) is 0. The first kappa shape index (κ1) is 9.94. The summed E-state index contributed by atoms with van der Waals surface area (Å²) in [5.74, 6) is -0.211. The molecule has 2 nitrogen and oxygen atoms in total. The molecule has 44 valence electrons. The highest BCUT2D eigenvalue weighted by Crippen LogP contribution is 1.79. The van der Waals surface area contributed by atoms with Gasteiger partial charge in [0, 0.05) is 6.42 Å². The Kier molecular flexibility index (Phi) is 8.27. The van der Waals surface area contributed by atoms with E-state index in [0.717, 1.165) is 6.42 Å². The van der Waals surface area contributed by atoms with Crippen LogP contribution >= 0.6 is 13.5 Å². The second kappa shape index (κ2) is 5.82. The first-order valence-electron chi connectivity index (χ1n) is 2.05. The Hall–Kier alpha value is -0.180. The molecule has 0 saturated carbocycles. The molecule has 0 radical (unpaired) electrons. The Morgan fingerprint density at radius 2 is 2.14 bits per heavy atom. The molecule has 2 N–H and O–H groups in total. The van der Waals surface area contributed by atoms with Gasteiger partial charge in [-0.3, -0.25) is 4.79 Å². The molecule has 0 aliphatic carbocycles. The van der Waals surface area contributed by atoms with Gasteiger partial charge in [-0.1, -0.05) is 6.92 Å². The van der Waals surface area contributed by atoms with Gasteiger partial charge in [-0.15, -0.1) is 0 Å². The summed E-state index contributed by atoms with van der Waals surface area (Å²) in [6, 6.07) is 0. The molecule has 0 aliphatic rings. The zero-order valence-corrected chi connectivity index (χ0v) is 5.40. The van der Waals surface area contributed by atoms with E-state index in [1.165, 1.54) is 0 Å². The normalized spacial score (nSPS) is 7.00. The van der Waals surface area contributed by atoms with Crippen molar-refractivity contribution >= 4 is 19.4 Å². The van der Waals surface area contributed by atoms with Crippen molar-refractivity contribution in [3.63, 3.8) is 0 Å². The molecule has 0 unspecified atom stereocenters. The van der Waals surface area contributed by atoms with Crippen LogP contribution in [0, 0.1) is 0 Å². The van der Waals surface area contributed by atoms with Crippen LogP contribution in [-0.4, -0.2) is 5.91 Å². The molecule has 0 rings (SSSR count). The fourth-order valence-electron chi connectivity index (χ4n) is 0.246. The predicted molar refractivity (Wildman–Crippen MR) is 34.5 cm³/mol. The summed E-state index contributed by atoms with van der Waals surface area (Å²) in [7, 11) is 0. The third-order valence-electron chi connectivity index (χ3n) is 0.496. The molecule has 3 heteroatoms. The number of hydrogen-bond acceptors (Lipinski definition) is 1. The van der Waals surface area contributed by atoms with Crippen LogP contribution < -0.4 is 5.73 Å². The Morgan fingerprint density at radius 3 is 2.14 bits per heavy atom. The van der Waals surface area contributed by atoms with Crippen LogP contribution in [0.25, 0.3) is 0 Å². The minimum atomic E-state index is -0.211. The van der Waals surface area contributed by atoms with Crippen LogP contribution in [0.5, 0.6) is 0 Å². The lowest BCUT2D eigenvalue weighted by molar-refractivity contribution is -0.118. The van der Waals surface area contributed by atoms with E-state index >= 15 is 0 Å². The van der Waals surface area contributed by atoms with Crippen LogP contribution in [-0.2, 0) is 4.79 Å². The van der Waals surface area contributed by atoms with Gasteiger partial charge in [-0.25, -0.2) is 0 Å². The van der Waals surface area contributed by atoms with E-state index in [4.69, 9.17) is 5.73 Å². The fourth-order valence-corrected chi connectivity index (χ4v) is 0.246. The quantitative estimate of drug-likeness (QED) is 0.564. The Morgan fingerprint density at radius 1 is 1.71 bits per heavy atom. The van der Waals surface area contributed by atoms with Gasteiger partial charge in [0.1, 0.15) is 0 Å². The summed E-state index contributed by atoms with van der Waals surface area (Å²) in [5.41, 5.74) is 4.76. The molecule has 0 atom stereocenters. The van der Waals surface area contributed by atoms with Crippen molar-refractivity contribution in [1.82, 2.24) is 0 Å². The number of nitrogens with two attached hydrogens (primary N) is 1. The van der Waals surface area contributed by atoms with E-state index in [0.29, 0.717) is 6.42 Å². The van der Waals surface area contributed by atoms with Gasteiger partial charge >= 0.3 is 0 Å². The summed E-state index contributed by atoms with van der Waals surface area (Å²) in [6.45, 7) is 1.92. The van der Waals surface area contributed by atoms with E-state index in [2.05, 4.69) is 0 Å². The maximum Gasteiger partial charge on any atom is 0.217 e. The Labute approximate surface area is 50.5 Å². The van der Waals surface area contributed by atoms with Crippen molar-refractivity contribution in [2.45, 2.75) is 19.8 Å². The second-order valence-corrected chi connectivity index (χ2v) is 1.22. The maximum absolute atomic E-state index is 9.82. The second-order valence-electron chi connectivity index (χ2n) is 1.22. The Balaban J connectivity index is 0. The number of carbonyl (C=O) groups is 1. The lowest BCUT2D eigenvalue weighted by atomic mass is 10.3. The van der Waals surface area contributed by atoms with Crippen molar-refractivity contribution in [3.8, 4) is 0 Å². The third-order valence-corrected chi connectivity index (χ3v) is 0.496. The molecule has 0 aromatic rings. The van der Waals surface area contributed by atoms with Crippen molar-refractivity contribution in [3.05, 3.63) is 0 Å². The molecule has 0 saturated heterocycles. The maximum atomic E-state index is 9.82. The molecular formula is C4H11NOS. The van der Waals surface area contributed by atoms with E-state index < -0.39 is 0 Å². The molecule has 7 heavy (non-hydrogen) atoms. The number of rotatable bonds is 2. The van der Waals surface area contributed by atoms with Crippen LogP contribution in [0.1, 0.15) is 19.8 Å². The monoisotopic (exact) mass is 121 g/mol. The van der Waals surface area contributed by atoms with E-state index in [1.807, 2.05) is 6.92 Å². The van der Waals surface area contributed by atoms with Gasteiger partial charge in [0.05, 0.1) is 0 Å². The highest BCUT2D eigenvalue weighted by molar-refractivity contribution is 7.59. The zero-order valence-electron chi connectivity index (χ0n) is 4.40. The summed E-state index contributed by atoms with van der Waals surface area (Å²) < 4.78 is 0. The topological polar surface area (TPSA) is 43.1 Å².